The molecule has 1 aromatic rings. The highest BCUT2D eigenvalue weighted by atomic mass is 19.1. The molecule has 4 nitrogen and oxygen atoms in total. The van der Waals surface area contributed by atoms with Crippen LogP contribution in [-0.2, 0) is 4.79 Å². The Bertz CT molecular complexity index is 465. The van der Waals surface area contributed by atoms with E-state index >= 15 is 0 Å². The van der Waals surface area contributed by atoms with Crippen LogP contribution in [0.2, 0.25) is 0 Å². The molecule has 0 spiro atoms. The van der Waals surface area contributed by atoms with Gasteiger partial charge in [0.1, 0.15) is 5.82 Å². The number of amides is 1. The van der Waals surface area contributed by atoms with Gasteiger partial charge in [0.05, 0.1) is 6.54 Å². The predicted octanol–water partition coefficient (Wildman–Crippen LogP) is 0.270. The lowest BCUT2D eigenvalue weighted by atomic mass is 9.98. The minimum Gasteiger partial charge on any atom is -0.353 e. The molecule has 1 amide bonds. The van der Waals surface area contributed by atoms with Gasteiger partial charge >= 0.3 is 0 Å². The zero-order valence-electron chi connectivity index (χ0n) is 10.0. The summed E-state index contributed by atoms with van der Waals surface area (Å²) in [7, 11) is 0. The second-order valence-corrected chi connectivity index (χ2v) is 4.86. The summed E-state index contributed by atoms with van der Waals surface area (Å²) in [6.45, 7) is 2.69. The van der Waals surface area contributed by atoms with Crippen molar-refractivity contribution in [2.45, 2.75) is 12.1 Å². The van der Waals surface area contributed by atoms with E-state index < -0.39 is 0 Å². The number of carbonyl (C=O) groups is 1. The topological polar surface area (TPSA) is 44.4 Å². The van der Waals surface area contributed by atoms with Gasteiger partial charge in [-0.2, -0.15) is 0 Å². The molecule has 3 rings (SSSR count). The van der Waals surface area contributed by atoms with Gasteiger partial charge in [0.15, 0.2) is 0 Å². The summed E-state index contributed by atoms with van der Waals surface area (Å²) in [4.78, 5) is 13.7. The molecule has 2 aliphatic heterocycles. The molecule has 2 aliphatic rings. The number of hydrogen-bond donors (Lipinski definition) is 2. The van der Waals surface area contributed by atoms with Crippen LogP contribution in [0.1, 0.15) is 11.6 Å². The predicted molar refractivity (Wildman–Crippen MR) is 65.5 cm³/mol. The van der Waals surface area contributed by atoms with Crippen LogP contribution in [-0.4, -0.2) is 43.0 Å². The molecule has 2 N–H and O–H groups in total. The van der Waals surface area contributed by atoms with Gasteiger partial charge in [-0.1, -0.05) is 12.1 Å². The van der Waals surface area contributed by atoms with Crippen molar-refractivity contribution in [3.05, 3.63) is 35.6 Å². The van der Waals surface area contributed by atoms with E-state index in [0.29, 0.717) is 19.1 Å². The molecular formula is C13H16FN3O. The lowest BCUT2D eigenvalue weighted by Crippen LogP contribution is -2.62. The molecule has 5 heteroatoms. The third kappa shape index (κ3) is 2.11. The maximum Gasteiger partial charge on any atom is 0.234 e. The van der Waals surface area contributed by atoms with Crippen molar-refractivity contribution in [1.29, 1.82) is 0 Å². The highest BCUT2D eigenvalue weighted by Gasteiger charge is 2.35. The summed E-state index contributed by atoms with van der Waals surface area (Å²) in [5.41, 5.74) is 0.932. The van der Waals surface area contributed by atoms with Gasteiger partial charge in [-0.25, -0.2) is 4.39 Å². The van der Waals surface area contributed by atoms with E-state index in [-0.39, 0.29) is 17.8 Å². The minimum absolute atomic E-state index is 0.0505. The summed E-state index contributed by atoms with van der Waals surface area (Å²) in [6.07, 6.45) is 0. The van der Waals surface area contributed by atoms with E-state index in [4.69, 9.17) is 0 Å². The fraction of sp³-hybridized carbons (Fsp3) is 0.462. The second kappa shape index (κ2) is 4.66. The van der Waals surface area contributed by atoms with E-state index in [9.17, 15) is 9.18 Å². The SMILES string of the molecule is O=C1CN2C(CNCC2c2cccc(F)c2)CN1. The quantitative estimate of drug-likeness (QED) is 0.751. The number of halogens is 1. The van der Waals surface area contributed by atoms with E-state index in [2.05, 4.69) is 15.5 Å². The Balaban J connectivity index is 1.88. The molecule has 2 fully saturated rings. The molecule has 1 aromatic carbocycles. The molecule has 0 aliphatic carbocycles. The smallest absolute Gasteiger partial charge is 0.234 e. The van der Waals surface area contributed by atoms with Crippen LogP contribution in [0.25, 0.3) is 0 Å². The maximum absolute atomic E-state index is 13.3. The van der Waals surface area contributed by atoms with Gasteiger partial charge in [-0.3, -0.25) is 9.69 Å². The number of fused-ring (bicyclic) bond motifs is 1. The Morgan fingerprint density at radius 1 is 1.28 bits per heavy atom. The first kappa shape index (κ1) is 11.6. The average molecular weight is 249 g/mol. The Hall–Kier alpha value is -1.46. The Kier molecular flexibility index (Phi) is 3.01. The minimum atomic E-state index is -0.226. The van der Waals surface area contributed by atoms with Crippen molar-refractivity contribution in [2.75, 3.05) is 26.2 Å². The van der Waals surface area contributed by atoms with Crippen LogP contribution in [0.3, 0.4) is 0 Å². The molecule has 2 unspecified atom stereocenters. The first-order valence-corrected chi connectivity index (χ1v) is 6.22. The lowest BCUT2D eigenvalue weighted by molar-refractivity contribution is -0.127. The lowest BCUT2D eigenvalue weighted by Gasteiger charge is -2.45. The molecule has 2 atom stereocenters. The average Bonchev–Trinajstić information content (AvgIpc) is 2.38. The van der Waals surface area contributed by atoms with E-state index in [0.717, 1.165) is 18.7 Å². The fourth-order valence-electron chi connectivity index (χ4n) is 2.78. The maximum atomic E-state index is 13.3. The van der Waals surface area contributed by atoms with Crippen molar-refractivity contribution in [2.24, 2.45) is 0 Å². The van der Waals surface area contributed by atoms with Crippen LogP contribution in [0.5, 0.6) is 0 Å². The number of carbonyl (C=O) groups excluding carboxylic acids is 1. The fourth-order valence-corrected chi connectivity index (χ4v) is 2.78. The summed E-state index contributed by atoms with van der Waals surface area (Å²) in [5.74, 6) is -0.175. The van der Waals surface area contributed by atoms with Crippen LogP contribution < -0.4 is 10.6 Å². The number of nitrogens with one attached hydrogen (secondary N) is 2. The third-order valence-electron chi connectivity index (χ3n) is 3.68. The highest BCUT2D eigenvalue weighted by Crippen LogP contribution is 2.26. The number of piperazine rings is 2. The first-order chi connectivity index (χ1) is 8.74. The number of rotatable bonds is 1. The van der Waals surface area contributed by atoms with Gasteiger partial charge in [-0.05, 0) is 17.7 Å². The summed E-state index contributed by atoms with van der Waals surface area (Å²) in [5, 5.41) is 6.22. The van der Waals surface area contributed by atoms with Crippen LogP contribution >= 0.6 is 0 Å². The van der Waals surface area contributed by atoms with Gasteiger partial charge < -0.3 is 10.6 Å². The summed E-state index contributed by atoms with van der Waals surface area (Å²) < 4.78 is 13.3. The Labute approximate surface area is 105 Å². The second-order valence-electron chi connectivity index (χ2n) is 4.86. The zero-order valence-corrected chi connectivity index (χ0v) is 10.0. The number of hydrogen-bond acceptors (Lipinski definition) is 3. The van der Waals surface area contributed by atoms with Gasteiger partial charge in [0.25, 0.3) is 0 Å². The van der Waals surface area contributed by atoms with Gasteiger partial charge in [0, 0.05) is 31.7 Å². The first-order valence-electron chi connectivity index (χ1n) is 6.22. The molecule has 18 heavy (non-hydrogen) atoms. The largest absolute Gasteiger partial charge is 0.353 e. The standard InChI is InChI=1S/C13H16FN3O/c14-10-3-1-2-9(4-10)12-7-15-5-11-6-16-13(18)8-17(11)12/h1-4,11-12,15H,5-8H2,(H,16,18). The highest BCUT2D eigenvalue weighted by molar-refractivity contribution is 5.79. The Morgan fingerprint density at radius 3 is 3.00 bits per heavy atom. The molecule has 2 saturated heterocycles. The van der Waals surface area contributed by atoms with E-state index in [1.807, 2.05) is 6.07 Å². The summed E-state index contributed by atoms with van der Waals surface area (Å²) in [6, 6.07) is 7.01. The van der Waals surface area contributed by atoms with Gasteiger partial charge in [0.2, 0.25) is 5.91 Å². The number of benzene rings is 1. The van der Waals surface area contributed by atoms with Gasteiger partial charge in [-0.15, -0.1) is 0 Å². The number of nitrogens with zero attached hydrogens (tertiary/aromatic N) is 1. The molecule has 2 heterocycles. The van der Waals surface area contributed by atoms with E-state index in [1.165, 1.54) is 6.07 Å². The van der Waals surface area contributed by atoms with Crippen molar-refractivity contribution < 1.29 is 9.18 Å². The van der Waals surface area contributed by atoms with Crippen molar-refractivity contribution in [3.63, 3.8) is 0 Å². The van der Waals surface area contributed by atoms with Crippen LogP contribution in [0.15, 0.2) is 24.3 Å². The summed E-state index contributed by atoms with van der Waals surface area (Å²) >= 11 is 0. The molecule has 0 bridgehead atoms. The normalized spacial score (nSPS) is 28.6. The molecule has 0 saturated carbocycles. The third-order valence-corrected chi connectivity index (χ3v) is 3.68. The van der Waals surface area contributed by atoms with E-state index in [1.54, 1.807) is 12.1 Å². The molecule has 0 aromatic heterocycles. The van der Waals surface area contributed by atoms with Crippen molar-refractivity contribution >= 4 is 5.91 Å². The Morgan fingerprint density at radius 2 is 2.17 bits per heavy atom. The van der Waals surface area contributed by atoms with Crippen molar-refractivity contribution in [3.8, 4) is 0 Å². The molecule has 96 valence electrons. The van der Waals surface area contributed by atoms with Crippen LogP contribution in [0.4, 0.5) is 4.39 Å². The van der Waals surface area contributed by atoms with Crippen molar-refractivity contribution in [1.82, 2.24) is 15.5 Å². The monoisotopic (exact) mass is 249 g/mol. The zero-order chi connectivity index (χ0) is 12.5. The molecule has 0 radical (unpaired) electrons. The molecular weight excluding hydrogens is 233 g/mol. The van der Waals surface area contributed by atoms with Crippen LogP contribution in [0, 0.1) is 5.82 Å².